The number of allylic oxidation sites excluding steroid dienone is 1. The van der Waals surface area contributed by atoms with Crippen molar-refractivity contribution in [2.75, 3.05) is 11.9 Å². The van der Waals surface area contributed by atoms with Crippen LogP contribution >= 0.6 is 0 Å². The molecule has 4 nitrogen and oxygen atoms in total. The van der Waals surface area contributed by atoms with Gasteiger partial charge in [0.1, 0.15) is 0 Å². The number of anilines is 1. The Morgan fingerprint density at radius 3 is 2.52 bits per heavy atom. The molecule has 0 aliphatic rings. The molecule has 0 fully saturated rings. The zero-order valence-corrected chi connectivity index (χ0v) is 18.4. The maximum absolute atomic E-state index is 11.6. The van der Waals surface area contributed by atoms with Gasteiger partial charge in [0.05, 0.1) is 6.17 Å². The molecule has 1 atom stereocenters. The second-order valence-electron chi connectivity index (χ2n) is 7.68. The number of carbonyl (C=O) groups excluding carboxylic acids is 1. The van der Waals surface area contributed by atoms with Crippen molar-refractivity contribution in [2.24, 2.45) is 0 Å². The SMILES string of the molecule is CCc1cccc(CNC(C)N/C(=C\C(C)=O)CCNc2ccc(C)c(C)c2)c1. The third-order valence-corrected chi connectivity index (χ3v) is 5.02. The topological polar surface area (TPSA) is 53.2 Å². The van der Waals surface area contributed by atoms with Crippen molar-refractivity contribution < 1.29 is 4.79 Å². The number of hydrogen-bond acceptors (Lipinski definition) is 4. The van der Waals surface area contributed by atoms with Crippen LogP contribution in [0.4, 0.5) is 5.69 Å². The molecule has 3 N–H and O–H groups in total. The minimum atomic E-state index is 0.0570. The van der Waals surface area contributed by atoms with E-state index in [0.29, 0.717) is 0 Å². The molecule has 0 aliphatic heterocycles. The van der Waals surface area contributed by atoms with Gasteiger partial charge >= 0.3 is 0 Å². The number of aryl methyl sites for hydroxylation is 3. The number of benzene rings is 2. The van der Waals surface area contributed by atoms with Crippen LogP contribution in [0.2, 0.25) is 0 Å². The van der Waals surface area contributed by atoms with Crippen LogP contribution in [0, 0.1) is 13.8 Å². The highest BCUT2D eigenvalue weighted by molar-refractivity contribution is 5.87. The quantitative estimate of drug-likeness (QED) is 0.377. The van der Waals surface area contributed by atoms with Gasteiger partial charge in [-0.05, 0) is 74.6 Å². The van der Waals surface area contributed by atoms with Crippen LogP contribution in [0.5, 0.6) is 0 Å². The lowest BCUT2D eigenvalue weighted by Gasteiger charge is -2.20. The van der Waals surface area contributed by atoms with Gasteiger partial charge in [-0.15, -0.1) is 0 Å². The Bertz CT molecular complexity index is 842. The minimum Gasteiger partial charge on any atom is -0.385 e. The molecule has 0 saturated heterocycles. The summed E-state index contributed by atoms with van der Waals surface area (Å²) in [5.74, 6) is 0.0570. The van der Waals surface area contributed by atoms with Gasteiger partial charge in [0.25, 0.3) is 0 Å². The number of nitrogens with one attached hydrogen (secondary N) is 3. The van der Waals surface area contributed by atoms with Gasteiger partial charge in [-0.3, -0.25) is 10.1 Å². The fourth-order valence-electron chi connectivity index (χ4n) is 3.18. The van der Waals surface area contributed by atoms with Crippen molar-refractivity contribution in [3.8, 4) is 0 Å². The first-order valence-electron chi connectivity index (χ1n) is 10.5. The fraction of sp³-hybridized carbons (Fsp3) is 0.400. The van der Waals surface area contributed by atoms with Gasteiger partial charge < -0.3 is 10.6 Å². The predicted molar refractivity (Wildman–Crippen MR) is 123 cm³/mol. The molecule has 0 aromatic heterocycles. The van der Waals surface area contributed by atoms with Gasteiger partial charge in [-0.25, -0.2) is 0 Å². The Kier molecular flexibility index (Phi) is 8.94. The summed E-state index contributed by atoms with van der Waals surface area (Å²) < 4.78 is 0. The molecule has 2 aromatic rings. The van der Waals surface area contributed by atoms with Crippen LogP contribution < -0.4 is 16.0 Å². The summed E-state index contributed by atoms with van der Waals surface area (Å²) in [6.45, 7) is 11.6. The van der Waals surface area contributed by atoms with E-state index >= 15 is 0 Å². The van der Waals surface area contributed by atoms with Crippen molar-refractivity contribution in [3.63, 3.8) is 0 Å². The van der Waals surface area contributed by atoms with Crippen LogP contribution in [0.25, 0.3) is 0 Å². The normalized spacial score (nSPS) is 12.5. The van der Waals surface area contributed by atoms with E-state index < -0.39 is 0 Å². The minimum absolute atomic E-state index is 0.0570. The van der Waals surface area contributed by atoms with E-state index in [2.05, 4.69) is 86.1 Å². The summed E-state index contributed by atoms with van der Waals surface area (Å²) in [4.78, 5) is 11.6. The average molecular weight is 394 g/mol. The van der Waals surface area contributed by atoms with E-state index in [9.17, 15) is 4.79 Å². The largest absolute Gasteiger partial charge is 0.385 e. The first kappa shape index (κ1) is 22.7. The summed E-state index contributed by atoms with van der Waals surface area (Å²) in [6.07, 6.45) is 3.55. The third-order valence-electron chi connectivity index (χ3n) is 5.02. The van der Waals surface area contributed by atoms with E-state index in [4.69, 9.17) is 0 Å². The van der Waals surface area contributed by atoms with Crippen LogP contribution in [-0.4, -0.2) is 18.5 Å². The number of ketones is 1. The van der Waals surface area contributed by atoms with Crippen molar-refractivity contribution in [1.82, 2.24) is 10.6 Å². The highest BCUT2D eigenvalue weighted by Crippen LogP contribution is 2.14. The highest BCUT2D eigenvalue weighted by Gasteiger charge is 2.06. The maximum Gasteiger partial charge on any atom is 0.154 e. The summed E-state index contributed by atoms with van der Waals surface area (Å²) in [5.41, 5.74) is 7.23. The number of hydrogen-bond donors (Lipinski definition) is 3. The van der Waals surface area contributed by atoms with E-state index in [-0.39, 0.29) is 11.9 Å². The summed E-state index contributed by atoms with van der Waals surface area (Å²) in [5, 5.41) is 10.4. The molecule has 0 heterocycles. The lowest BCUT2D eigenvalue weighted by atomic mass is 10.1. The zero-order valence-electron chi connectivity index (χ0n) is 18.4. The smallest absolute Gasteiger partial charge is 0.154 e. The van der Waals surface area contributed by atoms with E-state index in [1.165, 1.54) is 22.3 Å². The van der Waals surface area contributed by atoms with E-state index in [1.807, 2.05) is 0 Å². The lowest BCUT2D eigenvalue weighted by Crippen LogP contribution is -2.39. The van der Waals surface area contributed by atoms with Crippen LogP contribution in [0.15, 0.2) is 54.2 Å². The molecule has 2 rings (SSSR count). The molecule has 156 valence electrons. The van der Waals surface area contributed by atoms with Gasteiger partial charge in [0.15, 0.2) is 5.78 Å². The Balaban J connectivity index is 1.86. The Hall–Kier alpha value is -2.59. The van der Waals surface area contributed by atoms with Gasteiger partial charge in [-0.2, -0.15) is 0 Å². The van der Waals surface area contributed by atoms with E-state index in [1.54, 1.807) is 13.0 Å². The second-order valence-corrected chi connectivity index (χ2v) is 7.68. The summed E-state index contributed by atoms with van der Waals surface area (Å²) in [7, 11) is 0. The van der Waals surface area contributed by atoms with Crippen molar-refractivity contribution in [1.29, 1.82) is 0 Å². The fourth-order valence-corrected chi connectivity index (χ4v) is 3.18. The molecule has 1 unspecified atom stereocenters. The molecular formula is C25H35N3O. The Morgan fingerprint density at radius 1 is 1.07 bits per heavy atom. The molecule has 4 heteroatoms. The molecule has 0 saturated carbocycles. The van der Waals surface area contributed by atoms with Gasteiger partial charge in [0.2, 0.25) is 0 Å². The molecular weight excluding hydrogens is 358 g/mol. The average Bonchev–Trinajstić information content (AvgIpc) is 2.68. The molecule has 2 aromatic carbocycles. The highest BCUT2D eigenvalue weighted by atomic mass is 16.1. The van der Waals surface area contributed by atoms with Crippen molar-refractivity contribution in [2.45, 2.75) is 60.2 Å². The van der Waals surface area contributed by atoms with Gasteiger partial charge in [0, 0.05) is 30.9 Å². The first-order chi connectivity index (χ1) is 13.9. The van der Waals surface area contributed by atoms with Gasteiger partial charge in [-0.1, -0.05) is 37.3 Å². The molecule has 29 heavy (non-hydrogen) atoms. The lowest BCUT2D eigenvalue weighted by molar-refractivity contribution is -0.112. The zero-order chi connectivity index (χ0) is 21.2. The monoisotopic (exact) mass is 393 g/mol. The second kappa shape index (κ2) is 11.4. The van der Waals surface area contributed by atoms with Crippen molar-refractivity contribution >= 4 is 11.5 Å². The van der Waals surface area contributed by atoms with Crippen LogP contribution in [0.3, 0.4) is 0 Å². The maximum atomic E-state index is 11.6. The molecule has 0 amide bonds. The van der Waals surface area contributed by atoms with Crippen LogP contribution in [-0.2, 0) is 17.8 Å². The third kappa shape index (κ3) is 8.12. The molecule has 0 spiro atoms. The Labute approximate surface area is 175 Å². The first-order valence-corrected chi connectivity index (χ1v) is 10.5. The molecule has 0 bridgehead atoms. The summed E-state index contributed by atoms with van der Waals surface area (Å²) >= 11 is 0. The van der Waals surface area contributed by atoms with E-state index in [0.717, 1.165) is 37.3 Å². The molecule has 0 aliphatic carbocycles. The standard InChI is InChI=1S/C25H35N3O/c1-6-22-8-7-9-23(16-22)17-27-21(5)28-25(15-20(4)29)12-13-26-24-11-10-18(2)19(3)14-24/h7-11,14-16,21,26-28H,6,12-13,17H2,1-5H3/b25-15-. The number of carbonyl (C=O) groups is 1. The number of rotatable bonds is 11. The summed E-state index contributed by atoms with van der Waals surface area (Å²) in [6, 6.07) is 15.0. The Morgan fingerprint density at radius 2 is 1.83 bits per heavy atom. The van der Waals surface area contributed by atoms with Crippen molar-refractivity contribution in [3.05, 3.63) is 76.5 Å². The van der Waals surface area contributed by atoms with Crippen LogP contribution in [0.1, 0.15) is 49.4 Å². The predicted octanol–water partition coefficient (Wildman–Crippen LogP) is 4.87. The molecule has 0 radical (unpaired) electrons.